The minimum absolute atomic E-state index is 0.152. The molecular weight excluding hydrogens is 414 g/mol. The molecule has 1 saturated heterocycles. The maximum Gasteiger partial charge on any atom is 0.264 e. The van der Waals surface area contributed by atoms with Crippen LogP contribution in [0, 0.1) is 6.92 Å². The second-order valence-corrected chi connectivity index (χ2v) is 9.38. The fourth-order valence-corrected chi connectivity index (χ4v) is 5.38. The lowest BCUT2D eigenvalue weighted by molar-refractivity contribution is 0.0374. The van der Waals surface area contributed by atoms with Gasteiger partial charge in [0, 0.05) is 31.7 Å². The molecule has 0 aliphatic carbocycles. The number of aryl methyl sites for hydroxylation is 1. The molecule has 0 unspecified atom stereocenters. The van der Waals surface area contributed by atoms with Gasteiger partial charge in [0.1, 0.15) is 0 Å². The third-order valence-electron chi connectivity index (χ3n) is 5.39. The van der Waals surface area contributed by atoms with Crippen LogP contribution in [-0.2, 0) is 14.8 Å². The van der Waals surface area contributed by atoms with Gasteiger partial charge in [-0.05, 0) is 56.6 Å². The lowest BCUT2D eigenvalue weighted by atomic mass is 10.1. The third-order valence-corrected chi connectivity index (χ3v) is 7.44. The summed E-state index contributed by atoms with van der Waals surface area (Å²) >= 11 is 0. The minimum atomic E-state index is -3.80. The Labute approximate surface area is 185 Å². The number of hydrogen-bond donors (Lipinski definition) is 1. The summed E-state index contributed by atoms with van der Waals surface area (Å²) in [6.07, 6.45) is 0.834. The van der Waals surface area contributed by atoms with E-state index in [1.165, 1.54) is 10.4 Å². The van der Waals surface area contributed by atoms with E-state index in [4.69, 9.17) is 4.74 Å². The second kappa shape index (κ2) is 10.7. The van der Waals surface area contributed by atoms with Gasteiger partial charge >= 0.3 is 0 Å². The Morgan fingerprint density at radius 3 is 2.52 bits per heavy atom. The molecule has 168 valence electrons. The first-order valence-electron chi connectivity index (χ1n) is 10.7. The van der Waals surface area contributed by atoms with E-state index in [0.29, 0.717) is 29.9 Å². The van der Waals surface area contributed by atoms with Gasteiger partial charge in [-0.3, -0.25) is 14.0 Å². The summed E-state index contributed by atoms with van der Waals surface area (Å²) in [4.78, 5) is 15.1. The van der Waals surface area contributed by atoms with Gasteiger partial charge in [0.15, 0.2) is 0 Å². The van der Waals surface area contributed by atoms with E-state index in [1.807, 2.05) is 6.07 Å². The Bertz CT molecular complexity index is 974. The Hall–Kier alpha value is -2.42. The minimum Gasteiger partial charge on any atom is -0.379 e. The van der Waals surface area contributed by atoms with Gasteiger partial charge in [-0.25, -0.2) is 8.42 Å². The van der Waals surface area contributed by atoms with Crippen LogP contribution in [0.15, 0.2) is 53.4 Å². The molecule has 7 nitrogen and oxygen atoms in total. The molecule has 1 heterocycles. The van der Waals surface area contributed by atoms with Gasteiger partial charge in [-0.1, -0.05) is 24.3 Å². The van der Waals surface area contributed by atoms with Crippen molar-refractivity contribution in [2.45, 2.75) is 25.2 Å². The summed E-state index contributed by atoms with van der Waals surface area (Å²) < 4.78 is 33.4. The summed E-state index contributed by atoms with van der Waals surface area (Å²) in [7, 11) is -3.80. The van der Waals surface area contributed by atoms with Crippen LogP contribution in [-0.4, -0.2) is 65.2 Å². The topological polar surface area (TPSA) is 79.0 Å². The predicted molar refractivity (Wildman–Crippen MR) is 122 cm³/mol. The highest BCUT2D eigenvalue weighted by atomic mass is 32.2. The molecule has 0 aromatic heterocycles. The Kier molecular flexibility index (Phi) is 8.06. The van der Waals surface area contributed by atoms with E-state index < -0.39 is 10.0 Å². The Balaban J connectivity index is 1.69. The average molecular weight is 446 g/mol. The fraction of sp³-hybridized carbons (Fsp3) is 0.435. The summed E-state index contributed by atoms with van der Waals surface area (Å²) in [5.74, 6) is -0.263. The van der Waals surface area contributed by atoms with Crippen LogP contribution in [0.25, 0.3) is 0 Å². The van der Waals surface area contributed by atoms with Crippen LogP contribution in [0.1, 0.15) is 29.3 Å². The first-order chi connectivity index (χ1) is 14.9. The highest BCUT2D eigenvalue weighted by molar-refractivity contribution is 7.92. The number of para-hydroxylation sites is 1. The summed E-state index contributed by atoms with van der Waals surface area (Å²) in [6.45, 7) is 8.63. The Morgan fingerprint density at radius 1 is 1.13 bits per heavy atom. The smallest absolute Gasteiger partial charge is 0.264 e. The van der Waals surface area contributed by atoms with Crippen molar-refractivity contribution in [1.82, 2.24) is 10.2 Å². The van der Waals surface area contributed by atoms with Crippen molar-refractivity contribution in [2.75, 3.05) is 50.2 Å². The first kappa shape index (κ1) is 23.2. The fourth-order valence-electron chi connectivity index (χ4n) is 3.65. The van der Waals surface area contributed by atoms with E-state index in [9.17, 15) is 13.2 Å². The highest BCUT2D eigenvalue weighted by Crippen LogP contribution is 2.26. The SMILES string of the molecule is CCN(c1ccccc1)S(=O)(=O)c1cc(C(=O)NCCCN2CCOCC2)ccc1C. The number of carbonyl (C=O) groups excluding carboxylic acids is 1. The molecule has 1 fully saturated rings. The van der Waals surface area contributed by atoms with E-state index in [2.05, 4.69) is 10.2 Å². The molecule has 1 amide bonds. The highest BCUT2D eigenvalue weighted by Gasteiger charge is 2.26. The molecule has 0 saturated carbocycles. The van der Waals surface area contributed by atoms with E-state index in [0.717, 1.165) is 39.3 Å². The quantitative estimate of drug-likeness (QED) is 0.601. The maximum absolute atomic E-state index is 13.4. The standard InChI is InChI=1S/C23H31N3O4S/c1-3-26(21-8-5-4-6-9-21)31(28,29)22-18-20(11-10-19(22)2)23(27)24-12-7-13-25-14-16-30-17-15-25/h4-6,8-11,18H,3,7,12-17H2,1-2H3,(H,24,27). The third kappa shape index (κ3) is 5.84. The van der Waals surface area contributed by atoms with Gasteiger partial charge in [-0.2, -0.15) is 0 Å². The monoisotopic (exact) mass is 445 g/mol. The van der Waals surface area contributed by atoms with Crippen LogP contribution in [0.5, 0.6) is 0 Å². The molecule has 1 aliphatic heterocycles. The molecule has 1 N–H and O–H groups in total. The van der Waals surface area contributed by atoms with Crippen LogP contribution >= 0.6 is 0 Å². The van der Waals surface area contributed by atoms with Crippen molar-refractivity contribution >= 4 is 21.6 Å². The normalized spacial score (nSPS) is 14.9. The number of nitrogens with one attached hydrogen (secondary N) is 1. The van der Waals surface area contributed by atoms with Crippen molar-refractivity contribution in [2.24, 2.45) is 0 Å². The zero-order valence-corrected chi connectivity index (χ0v) is 19.0. The van der Waals surface area contributed by atoms with E-state index in [-0.39, 0.29) is 10.8 Å². The lowest BCUT2D eigenvalue weighted by Crippen LogP contribution is -2.38. The van der Waals surface area contributed by atoms with Gasteiger partial charge < -0.3 is 10.1 Å². The number of anilines is 1. The number of hydrogen-bond acceptors (Lipinski definition) is 5. The van der Waals surface area contributed by atoms with Crippen LogP contribution in [0.2, 0.25) is 0 Å². The second-order valence-electron chi connectivity index (χ2n) is 7.55. The molecule has 0 radical (unpaired) electrons. The van der Waals surface area contributed by atoms with E-state index in [1.54, 1.807) is 50.2 Å². The van der Waals surface area contributed by atoms with Crippen LogP contribution < -0.4 is 9.62 Å². The molecule has 0 bridgehead atoms. The van der Waals surface area contributed by atoms with Crippen molar-refractivity contribution < 1.29 is 17.9 Å². The van der Waals surface area contributed by atoms with Gasteiger partial charge in [0.25, 0.3) is 15.9 Å². The lowest BCUT2D eigenvalue weighted by Gasteiger charge is -2.26. The molecule has 2 aromatic rings. The molecule has 31 heavy (non-hydrogen) atoms. The van der Waals surface area contributed by atoms with Crippen molar-refractivity contribution in [3.8, 4) is 0 Å². The average Bonchev–Trinajstić information content (AvgIpc) is 2.78. The van der Waals surface area contributed by atoms with Gasteiger partial charge in [-0.15, -0.1) is 0 Å². The molecular formula is C23H31N3O4S. The van der Waals surface area contributed by atoms with Crippen LogP contribution in [0.3, 0.4) is 0 Å². The molecule has 3 rings (SSSR count). The number of carbonyl (C=O) groups is 1. The number of benzene rings is 2. The number of amides is 1. The summed E-state index contributed by atoms with van der Waals surface area (Å²) in [5, 5.41) is 2.91. The number of rotatable bonds is 9. The van der Waals surface area contributed by atoms with Gasteiger partial charge in [0.2, 0.25) is 0 Å². The number of ether oxygens (including phenoxy) is 1. The number of nitrogens with zero attached hydrogens (tertiary/aromatic N) is 2. The predicted octanol–water partition coefficient (Wildman–Crippen LogP) is 2.66. The number of morpholine rings is 1. The zero-order valence-electron chi connectivity index (χ0n) is 18.2. The first-order valence-corrected chi connectivity index (χ1v) is 12.1. The molecule has 1 aliphatic rings. The molecule has 0 atom stereocenters. The largest absolute Gasteiger partial charge is 0.379 e. The summed E-state index contributed by atoms with van der Waals surface area (Å²) in [6, 6.07) is 13.8. The number of sulfonamides is 1. The Morgan fingerprint density at radius 2 is 1.84 bits per heavy atom. The van der Waals surface area contributed by atoms with Crippen molar-refractivity contribution in [1.29, 1.82) is 0 Å². The van der Waals surface area contributed by atoms with Crippen molar-refractivity contribution in [3.63, 3.8) is 0 Å². The molecule has 8 heteroatoms. The molecule has 0 spiro atoms. The zero-order chi connectivity index (χ0) is 22.3. The molecule has 2 aromatic carbocycles. The van der Waals surface area contributed by atoms with Crippen molar-refractivity contribution in [3.05, 3.63) is 59.7 Å². The summed E-state index contributed by atoms with van der Waals surface area (Å²) in [5.41, 5.74) is 1.56. The van der Waals surface area contributed by atoms with Crippen LogP contribution in [0.4, 0.5) is 5.69 Å². The maximum atomic E-state index is 13.4. The van der Waals surface area contributed by atoms with Gasteiger partial charge in [0.05, 0.1) is 23.8 Å². The van der Waals surface area contributed by atoms with E-state index >= 15 is 0 Å².